The summed E-state index contributed by atoms with van der Waals surface area (Å²) in [5, 5.41) is 8.22. The molecule has 2 nitrogen and oxygen atoms in total. The monoisotopic (exact) mass is 165 g/mol. The summed E-state index contributed by atoms with van der Waals surface area (Å²) in [6.07, 6.45) is 2.31. The lowest BCUT2D eigenvalue weighted by Crippen LogP contribution is -2.12. The largest absolute Gasteiger partial charge is 0.290 e. The molecule has 0 amide bonds. The Bertz CT molecular complexity index is 87.0. The quantitative estimate of drug-likeness (QED) is 0.379. The maximum atomic E-state index is 8.22. The lowest BCUT2D eigenvalue weighted by atomic mass is 10.4. The van der Waals surface area contributed by atoms with E-state index in [4.69, 9.17) is 5.21 Å². The second-order valence-electron chi connectivity index (χ2n) is 1.60. The lowest BCUT2D eigenvalue weighted by Gasteiger charge is -1.97. The van der Waals surface area contributed by atoms with E-state index in [0.29, 0.717) is 4.32 Å². The molecule has 0 aliphatic heterocycles. The first kappa shape index (κ1) is 9.20. The average Bonchev–Trinajstić information content (AvgIpc) is 1.89. The molecule has 0 saturated heterocycles. The molecule has 0 aliphatic carbocycles. The van der Waals surface area contributed by atoms with Crippen LogP contribution in [0, 0.1) is 0 Å². The molecule has 0 heterocycles. The molecule has 0 aromatic rings. The summed E-state index contributed by atoms with van der Waals surface area (Å²) in [6.45, 7) is 2.12. The van der Waals surface area contributed by atoms with Crippen LogP contribution in [0.1, 0.15) is 19.8 Å². The summed E-state index contributed by atoms with van der Waals surface area (Å²) >= 11 is 6.14. The van der Waals surface area contributed by atoms with Gasteiger partial charge in [0.25, 0.3) is 0 Å². The minimum absolute atomic E-state index is 0.462. The van der Waals surface area contributed by atoms with E-state index in [1.165, 1.54) is 18.2 Å². The van der Waals surface area contributed by atoms with E-state index in [9.17, 15) is 0 Å². The van der Waals surface area contributed by atoms with E-state index in [-0.39, 0.29) is 0 Å². The Morgan fingerprint density at radius 1 is 1.78 bits per heavy atom. The van der Waals surface area contributed by atoms with Crippen molar-refractivity contribution in [1.29, 1.82) is 0 Å². The molecule has 0 rings (SSSR count). The van der Waals surface area contributed by atoms with Gasteiger partial charge >= 0.3 is 0 Å². The Morgan fingerprint density at radius 3 is 2.89 bits per heavy atom. The van der Waals surface area contributed by atoms with E-state index in [0.717, 1.165) is 12.2 Å². The normalized spacial score (nSPS) is 9.11. The maximum Gasteiger partial charge on any atom is 0.157 e. The van der Waals surface area contributed by atoms with Crippen molar-refractivity contribution in [2.24, 2.45) is 0 Å². The van der Waals surface area contributed by atoms with E-state index < -0.39 is 0 Å². The van der Waals surface area contributed by atoms with Crippen molar-refractivity contribution in [2.75, 3.05) is 5.75 Å². The van der Waals surface area contributed by atoms with Gasteiger partial charge in [-0.3, -0.25) is 10.7 Å². The van der Waals surface area contributed by atoms with Crippen molar-refractivity contribution in [2.45, 2.75) is 19.8 Å². The second kappa shape index (κ2) is 6.32. The van der Waals surface area contributed by atoms with Gasteiger partial charge in [0.15, 0.2) is 4.32 Å². The van der Waals surface area contributed by atoms with Crippen LogP contribution in [0.2, 0.25) is 0 Å². The fourth-order valence-electron chi connectivity index (χ4n) is 0.341. The van der Waals surface area contributed by atoms with Gasteiger partial charge in [0.05, 0.1) is 0 Å². The zero-order valence-corrected chi connectivity index (χ0v) is 7.02. The zero-order valence-electron chi connectivity index (χ0n) is 5.39. The van der Waals surface area contributed by atoms with Crippen molar-refractivity contribution in [3.63, 3.8) is 0 Å². The molecule has 0 aliphatic rings. The summed E-state index contributed by atoms with van der Waals surface area (Å²) in [7, 11) is 0. The molecule has 0 atom stereocenters. The van der Waals surface area contributed by atoms with Crippen LogP contribution < -0.4 is 5.48 Å². The van der Waals surface area contributed by atoms with E-state index in [1.54, 1.807) is 0 Å². The first-order valence-electron chi connectivity index (χ1n) is 2.88. The molecule has 0 unspecified atom stereocenters. The fraction of sp³-hybridized carbons (Fsp3) is 0.800. The SMILES string of the molecule is CCCCSC(=S)NO. The number of thioether (sulfide) groups is 1. The van der Waals surface area contributed by atoms with Gasteiger partial charge in [-0.1, -0.05) is 37.3 Å². The van der Waals surface area contributed by atoms with Gasteiger partial charge in [-0.2, -0.15) is 0 Å². The van der Waals surface area contributed by atoms with Gasteiger partial charge < -0.3 is 0 Å². The van der Waals surface area contributed by atoms with Gasteiger partial charge in [-0.25, -0.2) is 0 Å². The molecule has 54 valence electrons. The molecule has 0 bridgehead atoms. The molecule has 0 fully saturated rings. The van der Waals surface area contributed by atoms with Crippen LogP contribution in [-0.2, 0) is 0 Å². The van der Waals surface area contributed by atoms with E-state index >= 15 is 0 Å². The first-order valence-corrected chi connectivity index (χ1v) is 4.27. The van der Waals surface area contributed by atoms with Crippen molar-refractivity contribution in [3.05, 3.63) is 0 Å². The van der Waals surface area contributed by atoms with Gasteiger partial charge in [-0.05, 0) is 6.42 Å². The topological polar surface area (TPSA) is 32.3 Å². The Kier molecular flexibility index (Phi) is 6.46. The standard InChI is InChI=1S/C5H11NOS2/c1-2-3-4-9-5(8)6-7/h7H,2-4H2,1H3,(H,6,8). The van der Waals surface area contributed by atoms with Crippen molar-refractivity contribution >= 4 is 28.3 Å². The third kappa shape index (κ3) is 6.08. The highest BCUT2D eigenvalue weighted by molar-refractivity contribution is 8.22. The van der Waals surface area contributed by atoms with E-state index in [1.807, 2.05) is 5.48 Å². The Morgan fingerprint density at radius 2 is 2.44 bits per heavy atom. The van der Waals surface area contributed by atoms with Gasteiger partial charge in [-0.15, -0.1) is 0 Å². The minimum atomic E-state index is 0.462. The summed E-state index contributed by atoms with van der Waals surface area (Å²) < 4.78 is 0.462. The predicted octanol–water partition coefficient (Wildman–Crippen LogP) is 1.78. The fourth-order valence-corrected chi connectivity index (χ4v) is 1.27. The van der Waals surface area contributed by atoms with Crippen LogP contribution in [0.3, 0.4) is 0 Å². The molecular weight excluding hydrogens is 154 g/mol. The number of hydrogen-bond acceptors (Lipinski definition) is 3. The van der Waals surface area contributed by atoms with Crippen LogP contribution in [0.4, 0.5) is 0 Å². The number of hydroxylamine groups is 1. The molecule has 0 saturated carbocycles. The predicted molar refractivity (Wildman–Crippen MR) is 44.9 cm³/mol. The lowest BCUT2D eigenvalue weighted by molar-refractivity contribution is 0.240. The highest BCUT2D eigenvalue weighted by Crippen LogP contribution is 2.04. The van der Waals surface area contributed by atoms with Crippen molar-refractivity contribution in [3.8, 4) is 0 Å². The molecule has 0 aromatic heterocycles. The number of thiocarbonyl (C=S) groups is 1. The first-order chi connectivity index (χ1) is 4.31. The summed E-state index contributed by atoms with van der Waals surface area (Å²) in [5.74, 6) is 0.989. The third-order valence-corrected chi connectivity index (χ3v) is 2.11. The summed E-state index contributed by atoms with van der Waals surface area (Å²) in [5.41, 5.74) is 1.92. The molecule has 9 heavy (non-hydrogen) atoms. The molecule has 4 heteroatoms. The molecule has 0 aromatic carbocycles. The molecular formula is C5H11NOS2. The number of nitrogens with one attached hydrogen (secondary N) is 1. The van der Waals surface area contributed by atoms with Gasteiger partial charge in [0.2, 0.25) is 0 Å². The van der Waals surface area contributed by atoms with E-state index in [2.05, 4.69) is 19.1 Å². The van der Waals surface area contributed by atoms with Crippen LogP contribution >= 0.6 is 24.0 Å². The molecule has 0 radical (unpaired) electrons. The van der Waals surface area contributed by atoms with Gasteiger partial charge in [0, 0.05) is 5.75 Å². The van der Waals surface area contributed by atoms with Crippen LogP contribution in [0.15, 0.2) is 0 Å². The van der Waals surface area contributed by atoms with Gasteiger partial charge in [0.1, 0.15) is 0 Å². The average molecular weight is 165 g/mol. The van der Waals surface area contributed by atoms with Crippen LogP contribution in [0.25, 0.3) is 0 Å². The summed E-state index contributed by atoms with van der Waals surface area (Å²) in [4.78, 5) is 0. The Hall–Kier alpha value is 0.200. The summed E-state index contributed by atoms with van der Waals surface area (Å²) in [6, 6.07) is 0. The number of unbranched alkanes of at least 4 members (excludes halogenated alkanes) is 1. The molecule has 0 spiro atoms. The van der Waals surface area contributed by atoms with Crippen molar-refractivity contribution in [1.82, 2.24) is 5.48 Å². The third-order valence-electron chi connectivity index (χ3n) is 0.822. The minimum Gasteiger partial charge on any atom is -0.290 e. The second-order valence-corrected chi connectivity index (χ2v) is 3.37. The zero-order chi connectivity index (χ0) is 7.11. The molecule has 2 N–H and O–H groups in total. The Labute approximate surface area is 65.0 Å². The smallest absolute Gasteiger partial charge is 0.157 e. The van der Waals surface area contributed by atoms with Crippen LogP contribution in [0.5, 0.6) is 0 Å². The number of hydrogen-bond donors (Lipinski definition) is 2. The van der Waals surface area contributed by atoms with Crippen LogP contribution in [-0.4, -0.2) is 15.3 Å². The van der Waals surface area contributed by atoms with Crippen molar-refractivity contribution < 1.29 is 5.21 Å². The maximum absolute atomic E-state index is 8.22. The Balaban J connectivity index is 2.97. The highest BCUT2D eigenvalue weighted by Gasteiger charge is 1.91. The number of rotatable bonds is 3. The highest BCUT2D eigenvalue weighted by atomic mass is 32.2.